The third-order valence-corrected chi connectivity index (χ3v) is 6.92. The molecule has 0 saturated carbocycles. The molecule has 0 atom stereocenters. The molecule has 32 heavy (non-hydrogen) atoms. The zero-order valence-corrected chi connectivity index (χ0v) is 17.6. The Hall–Kier alpha value is -3.70. The SMILES string of the molecule is O=C(NNC(=O)c1ccc(-c2ccco2)[nH]c1=O)c1cccc(S(=O)(=O)N2CCCC2)c1. The normalized spacial score (nSPS) is 14.2. The molecular weight excluding hydrogens is 436 g/mol. The van der Waals surface area contributed by atoms with Gasteiger partial charge in [0.25, 0.3) is 17.4 Å². The van der Waals surface area contributed by atoms with Gasteiger partial charge in [-0.05, 0) is 55.3 Å². The number of amides is 2. The van der Waals surface area contributed by atoms with Crippen molar-refractivity contribution in [3.05, 3.63) is 76.3 Å². The van der Waals surface area contributed by atoms with E-state index in [4.69, 9.17) is 4.42 Å². The molecule has 4 rings (SSSR count). The Labute approximate surface area is 183 Å². The number of hydrogen-bond donors (Lipinski definition) is 3. The van der Waals surface area contributed by atoms with Gasteiger partial charge in [-0.15, -0.1) is 0 Å². The standard InChI is InChI=1S/C21H20N4O6S/c26-19(14-5-3-6-15(13-14)32(29,30)25-10-1-2-11-25)23-24-21(28)16-8-9-17(22-20(16)27)18-7-4-12-31-18/h3-9,12-13H,1-2,10-11H2,(H,22,27)(H,23,26)(H,24,28). The van der Waals surface area contributed by atoms with Crippen LogP contribution in [0.1, 0.15) is 33.6 Å². The molecule has 1 aliphatic rings. The second-order valence-corrected chi connectivity index (χ2v) is 9.08. The maximum atomic E-state index is 12.7. The summed E-state index contributed by atoms with van der Waals surface area (Å²) >= 11 is 0. The van der Waals surface area contributed by atoms with Crippen LogP contribution < -0.4 is 16.4 Å². The maximum absolute atomic E-state index is 12.7. The lowest BCUT2D eigenvalue weighted by Crippen LogP contribution is -2.43. The van der Waals surface area contributed by atoms with E-state index in [2.05, 4.69) is 15.8 Å². The van der Waals surface area contributed by atoms with Crippen molar-refractivity contribution in [2.75, 3.05) is 13.1 Å². The molecule has 0 unspecified atom stereocenters. The van der Waals surface area contributed by atoms with Crippen LogP contribution in [0.15, 0.2) is 68.9 Å². The molecule has 0 spiro atoms. The van der Waals surface area contributed by atoms with Crippen LogP contribution in [0.25, 0.3) is 11.5 Å². The van der Waals surface area contributed by atoms with Crippen LogP contribution in [0.4, 0.5) is 0 Å². The van der Waals surface area contributed by atoms with Crippen LogP contribution in [0.3, 0.4) is 0 Å². The lowest BCUT2D eigenvalue weighted by Gasteiger charge is -2.16. The molecule has 0 bridgehead atoms. The Morgan fingerprint density at radius 3 is 2.41 bits per heavy atom. The summed E-state index contributed by atoms with van der Waals surface area (Å²) in [6, 6.07) is 11.7. The van der Waals surface area contributed by atoms with E-state index in [0.717, 1.165) is 12.8 Å². The highest BCUT2D eigenvalue weighted by atomic mass is 32.2. The Morgan fingerprint density at radius 1 is 0.969 bits per heavy atom. The van der Waals surface area contributed by atoms with Crippen LogP contribution in [-0.4, -0.2) is 42.6 Å². The van der Waals surface area contributed by atoms with E-state index in [1.54, 1.807) is 12.1 Å². The second kappa shape index (κ2) is 8.81. The fourth-order valence-corrected chi connectivity index (χ4v) is 4.92. The smallest absolute Gasteiger partial charge is 0.275 e. The Kier molecular flexibility index (Phi) is 5.93. The number of benzene rings is 1. The fourth-order valence-electron chi connectivity index (χ4n) is 3.36. The van der Waals surface area contributed by atoms with Gasteiger partial charge >= 0.3 is 0 Å². The molecule has 1 saturated heterocycles. The van der Waals surface area contributed by atoms with E-state index in [9.17, 15) is 22.8 Å². The van der Waals surface area contributed by atoms with Crippen molar-refractivity contribution in [3.63, 3.8) is 0 Å². The summed E-state index contributed by atoms with van der Waals surface area (Å²) in [6.07, 6.45) is 3.05. The molecule has 0 radical (unpaired) electrons. The molecule has 1 aliphatic heterocycles. The molecule has 2 aromatic heterocycles. The number of hydrazine groups is 1. The number of hydrogen-bond acceptors (Lipinski definition) is 6. The molecule has 3 N–H and O–H groups in total. The molecule has 166 valence electrons. The van der Waals surface area contributed by atoms with E-state index >= 15 is 0 Å². The van der Waals surface area contributed by atoms with Gasteiger partial charge in [0.1, 0.15) is 11.3 Å². The van der Waals surface area contributed by atoms with Crippen molar-refractivity contribution in [2.45, 2.75) is 17.7 Å². The van der Waals surface area contributed by atoms with Crippen molar-refractivity contribution >= 4 is 21.8 Å². The highest BCUT2D eigenvalue weighted by Crippen LogP contribution is 2.21. The largest absolute Gasteiger partial charge is 0.463 e. The van der Waals surface area contributed by atoms with E-state index in [1.165, 1.54) is 47.0 Å². The van der Waals surface area contributed by atoms with Gasteiger partial charge in [-0.2, -0.15) is 4.31 Å². The van der Waals surface area contributed by atoms with E-state index < -0.39 is 27.4 Å². The van der Waals surface area contributed by atoms with Gasteiger partial charge in [0.15, 0.2) is 0 Å². The third-order valence-electron chi connectivity index (χ3n) is 5.03. The van der Waals surface area contributed by atoms with Gasteiger partial charge in [-0.3, -0.25) is 25.2 Å². The second-order valence-electron chi connectivity index (χ2n) is 7.14. The zero-order valence-electron chi connectivity index (χ0n) is 16.8. The van der Waals surface area contributed by atoms with E-state index in [-0.39, 0.29) is 16.0 Å². The molecule has 3 heterocycles. The quantitative estimate of drug-likeness (QED) is 0.497. The number of carbonyl (C=O) groups excluding carboxylic acids is 2. The Balaban J connectivity index is 1.44. The number of aromatic nitrogens is 1. The summed E-state index contributed by atoms with van der Waals surface area (Å²) in [5, 5.41) is 0. The lowest BCUT2D eigenvalue weighted by atomic mass is 10.2. The number of H-pyrrole nitrogens is 1. The summed E-state index contributed by atoms with van der Waals surface area (Å²) in [7, 11) is -3.68. The predicted molar refractivity (Wildman–Crippen MR) is 114 cm³/mol. The van der Waals surface area contributed by atoms with Gasteiger partial charge in [0.2, 0.25) is 10.0 Å². The third kappa shape index (κ3) is 4.34. The average molecular weight is 456 g/mol. The number of nitrogens with zero attached hydrogens (tertiary/aromatic N) is 1. The molecule has 3 aromatic rings. The molecule has 2 amide bonds. The summed E-state index contributed by atoms with van der Waals surface area (Å²) in [6.45, 7) is 0.893. The van der Waals surface area contributed by atoms with Gasteiger partial charge in [-0.25, -0.2) is 8.42 Å². The van der Waals surface area contributed by atoms with Crippen molar-refractivity contribution in [3.8, 4) is 11.5 Å². The van der Waals surface area contributed by atoms with Crippen LogP contribution >= 0.6 is 0 Å². The topological polar surface area (TPSA) is 142 Å². The lowest BCUT2D eigenvalue weighted by molar-refractivity contribution is 0.0845. The van der Waals surface area contributed by atoms with Gasteiger partial charge in [-0.1, -0.05) is 6.07 Å². The molecule has 1 aromatic carbocycles. The summed E-state index contributed by atoms with van der Waals surface area (Å²) in [4.78, 5) is 39.5. The van der Waals surface area contributed by atoms with E-state index in [1.807, 2.05) is 0 Å². The highest BCUT2D eigenvalue weighted by molar-refractivity contribution is 7.89. The number of aromatic amines is 1. The first-order chi connectivity index (χ1) is 15.4. The predicted octanol–water partition coefficient (Wildman–Crippen LogP) is 1.49. The summed E-state index contributed by atoms with van der Waals surface area (Å²) in [5.74, 6) is -1.11. The minimum absolute atomic E-state index is 0.00309. The fraction of sp³-hybridized carbons (Fsp3) is 0.190. The van der Waals surface area contributed by atoms with Crippen LogP contribution in [0.2, 0.25) is 0 Å². The van der Waals surface area contributed by atoms with Gasteiger partial charge < -0.3 is 9.40 Å². The van der Waals surface area contributed by atoms with Crippen LogP contribution in [-0.2, 0) is 10.0 Å². The zero-order chi connectivity index (χ0) is 22.7. The van der Waals surface area contributed by atoms with Gasteiger partial charge in [0, 0.05) is 18.7 Å². The number of rotatable bonds is 5. The molecular formula is C21H20N4O6S. The number of furan rings is 1. The monoisotopic (exact) mass is 456 g/mol. The summed E-state index contributed by atoms with van der Waals surface area (Å²) < 4.78 is 32.0. The maximum Gasteiger partial charge on any atom is 0.275 e. The number of nitrogens with one attached hydrogen (secondary N) is 3. The minimum Gasteiger partial charge on any atom is -0.463 e. The number of pyridine rings is 1. The van der Waals surface area contributed by atoms with Crippen molar-refractivity contribution in [1.82, 2.24) is 20.1 Å². The first-order valence-corrected chi connectivity index (χ1v) is 11.3. The average Bonchev–Trinajstić information content (AvgIpc) is 3.52. The van der Waals surface area contributed by atoms with Crippen LogP contribution in [0, 0.1) is 0 Å². The minimum atomic E-state index is -3.68. The number of carbonyl (C=O) groups is 2. The first kappa shape index (κ1) is 21.5. The molecule has 10 nitrogen and oxygen atoms in total. The Morgan fingerprint density at radius 2 is 1.72 bits per heavy atom. The molecule has 1 fully saturated rings. The molecule has 0 aliphatic carbocycles. The van der Waals surface area contributed by atoms with Crippen LogP contribution in [0.5, 0.6) is 0 Å². The highest BCUT2D eigenvalue weighted by Gasteiger charge is 2.27. The molecule has 11 heteroatoms. The first-order valence-electron chi connectivity index (χ1n) is 9.84. The Bertz CT molecular complexity index is 1310. The van der Waals surface area contributed by atoms with Crippen molar-refractivity contribution in [1.29, 1.82) is 0 Å². The van der Waals surface area contributed by atoms with Crippen molar-refractivity contribution < 1.29 is 22.4 Å². The van der Waals surface area contributed by atoms with E-state index in [0.29, 0.717) is 24.5 Å². The van der Waals surface area contributed by atoms with Crippen molar-refractivity contribution in [2.24, 2.45) is 0 Å². The summed E-state index contributed by atoms with van der Waals surface area (Å²) in [5.41, 5.74) is 3.93. The number of sulfonamides is 1. The van der Waals surface area contributed by atoms with Gasteiger partial charge in [0.05, 0.1) is 16.9 Å².